The summed E-state index contributed by atoms with van der Waals surface area (Å²) in [7, 11) is 1.47. The van der Waals surface area contributed by atoms with Crippen molar-refractivity contribution in [3.05, 3.63) is 40.3 Å². The van der Waals surface area contributed by atoms with Crippen LogP contribution in [0.25, 0.3) is 6.08 Å². The molecule has 1 saturated heterocycles. The maximum Gasteiger partial charge on any atom is 0.276 e. The highest BCUT2D eigenvalue weighted by molar-refractivity contribution is 7.80. The minimum Gasteiger partial charge on any atom is -0.385 e. The van der Waals surface area contributed by atoms with E-state index >= 15 is 0 Å². The molecule has 1 aromatic carbocycles. The van der Waals surface area contributed by atoms with E-state index in [4.69, 9.17) is 17.0 Å². The molecule has 0 aromatic heterocycles. The van der Waals surface area contributed by atoms with E-state index in [2.05, 4.69) is 5.32 Å². The number of carbonyl (C=O) groups excluding carboxylic acids is 1. The fraction of sp³-hybridized carbons (Fsp3) is 0.286. The van der Waals surface area contributed by atoms with Gasteiger partial charge in [0.2, 0.25) is 5.82 Å². The van der Waals surface area contributed by atoms with Crippen molar-refractivity contribution in [3.63, 3.8) is 0 Å². The van der Waals surface area contributed by atoms with Crippen LogP contribution in [0.2, 0.25) is 0 Å². The van der Waals surface area contributed by atoms with Crippen LogP contribution in [-0.2, 0) is 9.53 Å². The van der Waals surface area contributed by atoms with Crippen LogP contribution in [0.4, 0.5) is 22.0 Å². The Balaban J connectivity index is 2.36. The Morgan fingerprint density at radius 2 is 1.62 bits per heavy atom. The summed E-state index contributed by atoms with van der Waals surface area (Å²) in [4.78, 5) is 13.2. The highest BCUT2D eigenvalue weighted by atomic mass is 32.1. The first-order chi connectivity index (χ1) is 11.3. The minimum absolute atomic E-state index is 0.0359. The zero-order valence-electron chi connectivity index (χ0n) is 12.3. The van der Waals surface area contributed by atoms with Gasteiger partial charge in [0.25, 0.3) is 5.91 Å². The zero-order chi connectivity index (χ0) is 18.0. The number of nitrogens with zero attached hydrogens (tertiary/aromatic N) is 1. The SMILES string of the molecule is COCCCN1C(=O)/C(=C\c2c(F)c(F)c(F)c(F)c2F)NC1=S. The van der Waals surface area contributed by atoms with Crippen molar-refractivity contribution in [3.8, 4) is 0 Å². The molecule has 1 amide bonds. The molecule has 1 aliphatic heterocycles. The topological polar surface area (TPSA) is 41.6 Å². The molecule has 1 aliphatic rings. The van der Waals surface area contributed by atoms with E-state index in [-0.39, 0.29) is 17.4 Å². The zero-order valence-corrected chi connectivity index (χ0v) is 13.1. The van der Waals surface area contributed by atoms with Crippen molar-refractivity contribution in [1.82, 2.24) is 10.2 Å². The van der Waals surface area contributed by atoms with E-state index in [1.165, 1.54) is 7.11 Å². The summed E-state index contributed by atoms with van der Waals surface area (Å²) in [5.74, 6) is -11.2. The molecule has 1 fully saturated rings. The van der Waals surface area contributed by atoms with Gasteiger partial charge in [-0.3, -0.25) is 9.69 Å². The highest BCUT2D eigenvalue weighted by Crippen LogP contribution is 2.25. The van der Waals surface area contributed by atoms with Gasteiger partial charge in [0.1, 0.15) is 5.70 Å². The second kappa shape index (κ2) is 7.22. The summed E-state index contributed by atoms with van der Waals surface area (Å²) in [6.45, 7) is 0.524. The molecule has 0 saturated carbocycles. The van der Waals surface area contributed by atoms with Gasteiger partial charge in [-0.1, -0.05) is 0 Å². The number of hydrogen-bond acceptors (Lipinski definition) is 3. The summed E-state index contributed by atoms with van der Waals surface area (Å²) in [5.41, 5.74) is -1.61. The van der Waals surface area contributed by atoms with E-state index < -0.39 is 40.6 Å². The van der Waals surface area contributed by atoms with Gasteiger partial charge in [-0.05, 0) is 24.7 Å². The average Bonchev–Trinajstić information content (AvgIpc) is 2.82. The molecule has 2 rings (SSSR count). The number of halogens is 5. The number of thiocarbonyl (C=S) groups is 1. The number of hydrogen-bond donors (Lipinski definition) is 1. The third-order valence-corrected chi connectivity index (χ3v) is 3.55. The van der Waals surface area contributed by atoms with Gasteiger partial charge in [0.05, 0.1) is 5.56 Å². The summed E-state index contributed by atoms with van der Waals surface area (Å²) < 4.78 is 71.5. The van der Waals surface area contributed by atoms with E-state index in [1.807, 2.05) is 0 Å². The second-order valence-corrected chi connectivity index (χ2v) is 5.16. The largest absolute Gasteiger partial charge is 0.385 e. The van der Waals surface area contributed by atoms with Gasteiger partial charge in [-0.2, -0.15) is 0 Å². The Hall–Kier alpha value is -2.07. The molecule has 0 atom stereocenters. The predicted octanol–water partition coefficient (Wildman–Crippen LogP) is 2.48. The number of rotatable bonds is 5. The van der Waals surface area contributed by atoms with Crippen molar-refractivity contribution in [2.24, 2.45) is 0 Å². The highest BCUT2D eigenvalue weighted by Gasteiger charge is 2.32. The lowest BCUT2D eigenvalue weighted by molar-refractivity contribution is -0.122. The fourth-order valence-corrected chi connectivity index (χ4v) is 2.32. The maximum atomic E-state index is 13.7. The number of nitrogens with one attached hydrogen (secondary N) is 1. The molecule has 10 heteroatoms. The van der Waals surface area contributed by atoms with Crippen LogP contribution >= 0.6 is 12.2 Å². The van der Waals surface area contributed by atoms with Crippen molar-refractivity contribution in [1.29, 1.82) is 0 Å². The maximum absolute atomic E-state index is 13.7. The molecule has 0 aliphatic carbocycles. The first-order valence-electron chi connectivity index (χ1n) is 6.64. The van der Waals surface area contributed by atoms with Crippen molar-refractivity contribution >= 4 is 29.3 Å². The van der Waals surface area contributed by atoms with E-state index in [1.54, 1.807) is 0 Å². The molecule has 0 unspecified atom stereocenters. The lowest BCUT2D eigenvalue weighted by Gasteiger charge is -2.13. The summed E-state index contributed by atoms with van der Waals surface area (Å²) >= 11 is 4.92. The Morgan fingerprint density at radius 3 is 2.17 bits per heavy atom. The third kappa shape index (κ3) is 3.24. The van der Waals surface area contributed by atoms with Crippen LogP contribution in [-0.4, -0.2) is 36.2 Å². The molecular weight excluding hydrogens is 355 g/mol. The third-order valence-electron chi connectivity index (χ3n) is 3.22. The summed E-state index contributed by atoms with van der Waals surface area (Å²) in [6.07, 6.45) is 0.987. The Bertz CT molecular complexity index is 709. The first kappa shape index (κ1) is 18.3. The first-order valence-corrected chi connectivity index (χ1v) is 7.05. The van der Waals surface area contributed by atoms with Crippen LogP contribution in [0.3, 0.4) is 0 Å². The molecule has 1 aromatic rings. The van der Waals surface area contributed by atoms with Gasteiger partial charge in [-0.15, -0.1) is 0 Å². The van der Waals surface area contributed by atoms with Gasteiger partial charge >= 0.3 is 0 Å². The predicted molar refractivity (Wildman–Crippen MR) is 78.1 cm³/mol. The standard InChI is InChI=1S/C14H11F5N2O2S/c1-23-4-2-3-21-13(22)7(20-14(21)24)5-6-8(15)10(17)12(19)11(18)9(6)16/h5H,2-4H2,1H3,(H,20,24)/b7-5+. The van der Waals surface area contributed by atoms with Crippen LogP contribution < -0.4 is 5.32 Å². The Morgan fingerprint density at radius 1 is 1.08 bits per heavy atom. The van der Waals surface area contributed by atoms with Crippen molar-refractivity contribution in [2.75, 3.05) is 20.3 Å². The molecule has 1 heterocycles. The van der Waals surface area contributed by atoms with E-state index in [0.29, 0.717) is 19.1 Å². The smallest absolute Gasteiger partial charge is 0.276 e. The fourth-order valence-electron chi connectivity index (χ4n) is 2.03. The number of ether oxygens (including phenoxy) is 1. The van der Waals surface area contributed by atoms with Gasteiger partial charge in [-0.25, -0.2) is 22.0 Å². The molecule has 0 radical (unpaired) electrons. The molecule has 130 valence electrons. The van der Waals surface area contributed by atoms with E-state index in [9.17, 15) is 26.7 Å². The lowest BCUT2D eigenvalue weighted by atomic mass is 10.1. The molecule has 4 nitrogen and oxygen atoms in total. The van der Waals surface area contributed by atoms with Crippen LogP contribution in [0, 0.1) is 29.1 Å². The molecule has 0 bridgehead atoms. The van der Waals surface area contributed by atoms with Gasteiger partial charge in [0.15, 0.2) is 28.4 Å². The van der Waals surface area contributed by atoms with E-state index in [0.717, 1.165) is 4.90 Å². The molecular formula is C14H11F5N2O2S. The monoisotopic (exact) mass is 366 g/mol. The van der Waals surface area contributed by atoms with Crippen LogP contribution in [0.1, 0.15) is 12.0 Å². The number of amides is 1. The normalized spacial score (nSPS) is 16.2. The van der Waals surface area contributed by atoms with Gasteiger partial charge < -0.3 is 10.1 Å². The van der Waals surface area contributed by atoms with Crippen LogP contribution in [0.5, 0.6) is 0 Å². The van der Waals surface area contributed by atoms with Gasteiger partial charge in [0, 0.05) is 20.3 Å². The Kier molecular flexibility index (Phi) is 5.50. The summed E-state index contributed by atoms with van der Waals surface area (Å²) in [6, 6.07) is 0. The number of benzene rings is 1. The number of carbonyl (C=O) groups is 1. The van der Waals surface area contributed by atoms with Crippen LogP contribution in [0.15, 0.2) is 5.70 Å². The van der Waals surface area contributed by atoms with Crippen molar-refractivity contribution in [2.45, 2.75) is 6.42 Å². The second-order valence-electron chi connectivity index (χ2n) is 4.77. The molecule has 24 heavy (non-hydrogen) atoms. The quantitative estimate of drug-likeness (QED) is 0.217. The average molecular weight is 366 g/mol. The van der Waals surface area contributed by atoms with Crippen molar-refractivity contribution < 1.29 is 31.5 Å². The molecule has 0 spiro atoms. The number of methoxy groups -OCH3 is 1. The lowest BCUT2D eigenvalue weighted by Crippen LogP contribution is -2.32. The Labute approximate surface area is 138 Å². The summed E-state index contributed by atoms with van der Waals surface area (Å²) in [5, 5.41) is 2.36. The molecule has 1 N–H and O–H groups in total. The minimum atomic E-state index is -2.27.